The van der Waals surface area contributed by atoms with Crippen LogP contribution in [0, 0.1) is 12.3 Å². The third-order valence-electron chi connectivity index (χ3n) is 0.472. The van der Waals surface area contributed by atoms with E-state index in [1.807, 2.05) is 5.92 Å². The van der Waals surface area contributed by atoms with Crippen molar-refractivity contribution in [3.63, 3.8) is 0 Å². The molecule has 0 rings (SSSR count). The van der Waals surface area contributed by atoms with Gasteiger partial charge in [-0.2, -0.15) is 8.42 Å². The maximum Gasteiger partial charge on any atom is 0.449 e. The van der Waals surface area contributed by atoms with E-state index in [4.69, 9.17) is 6.42 Å². The number of hydrogen-bond donors (Lipinski definition) is 0. The van der Waals surface area contributed by atoms with Crippen molar-refractivity contribution in [2.75, 3.05) is 6.61 Å². The minimum absolute atomic E-state index is 0.337. The highest BCUT2D eigenvalue weighted by atomic mass is 32.3. The topological polar surface area (TPSA) is 52.6 Å². The predicted molar refractivity (Wildman–Crippen MR) is 35.0 cm³/mol. The summed E-state index contributed by atoms with van der Waals surface area (Å²) >= 11 is 0. The quantitative estimate of drug-likeness (QED) is 0.432. The summed E-state index contributed by atoms with van der Waals surface area (Å²) in [5, 5.41) is 0. The molecule has 0 aliphatic carbocycles. The van der Waals surface area contributed by atoms with Crippen LogP contribution in [0.4, 0.5) is 0 Å². The molecule has 4 nitrogen and oxygen atoms in total. The van der Waals surface area contributed by atoms with E-state index in [0.717, 1.165) is 6.26 Å². The number of rotatable bonds is 4. The van der Waals surface area contributed by atoms with E-state index in [1.165, 1.54) is 0 Å². The highest BCUT2D eigenvalue weighted by Crippen LogP contribution is 1.93. The lowest BCUT2D eigenvalue weighted by atomic mass is 10.8. The van der Waals surface area contributed by atoms with Gasteiger partial charge in [-0.05, 0) is 0 Å². The van der Waals surface area contributed by atoms with Crippen LogP contribution in [-0.4, -0.2) is 15.0 Å². The first-order chi connectivity index (χ1) is 4.62. The average Bonchev–Trinajstić information content (AvgIpc) is 1.84. The van der Waals surface area contributed by atoms with Gasteiger partial charge in [0.2, 0.25) is 0 Å². The van der Waals surface area contributed by atoms with Gasteiger partial charge in [0.25, 0.3) is 0 Å². The van der Waals surface area contributed by atoms with Crippen molar-refractivity contribution in [1.29, 1.82) is 0 Å². The Hall–Kier alpha value is -0.990. The maximum absolute atomic E-state index is 10.4. The molecule has 56 valence electrons. The van der Waals surface area contributed by atoms with Crippen LogP contribution in [0.1, 0.15) is 0 Å². The van der Waals surface area contributed by atoms with E-state index >= 15 is 0 Å². The number of hydrogen-bond acceptors (Lipinski definition) is 4. The Kier molecular flexibility index (Phi) is 3.54. The van der Waals surface area contributed by atoms with Gasteiger partial charge in [0.15, 0.2) is 0 Å². The van der Waals surface area contributed by atoms with Gasteiger partial charge in [-0.3, -0.25) is 0 Å². The zero-order chi connectivity index (χ0) is 8.04. The molecule has 0 spiro atoms. The fourth-order valence-corrected chi connectivity index (χ4v) is 0.652. The van der Waals surface area contributed by atoms with Crippen molar-refractivity contribution < 1.29 is 16.8 Å². The molecule has 0 atom stereocenters. The van der Waals surface area contributed by atoms with Gasteiger partial charge in [-0.1, -0.05) is 12.5 Å². The molecule has 0 aromatic carbocycles. The second-order valence-electron chi connectivity index (χ2n) is 1.14. The Labute approximate surface area is 59.8 Å². The molecule has 0 fully saturated rings. The first kappa shape index (κ1) is 9.01. The van der Waals surface area contributed by atoms with E-state index in [0.29, 0.717) is 0 Å². The molecule has 0 saturated carbocycles. The van der Waals surface area contributed by atoms with Gasteiger partial charge in [0.1, 0.15) is 12.9 Å². The van der Waals surface area contributed by atoms with Gasteiger partial charge < -0.3 is 4.18 Å². The largest absolute Gasteiger partial charge is 0.449 e. The molecular formula is C5H6O4S. The molecule has 0 aromatic rings. The van der Waals surface area contributed by atoms with E-state index in [9.17, 15) is 8.42 Å². The van der Waals surface area contributed by atoms with Crippen molar-refractivity contribution in [2.45, 2.75) is 0 Å². The van der Waals surface area contributed by atoms with E-state index in [1.54, 1.807) is 0 Å². The summed E-state index contributed by atoms with van der Waals surface area (Å²) in [6.45, 7) is 2.68. The predicted octanol–water partition coefficient (Wildman–Crippen LogP) is 0.0411. The molecule has 0 heterocycles. The summed E-state index contributed by atoms with van der Waals surface area (Å²) in [7, 11) is -3.95. The minimum Gasteiger partial charge on any atom is -0.370 e. The Morgan fingerprint density at radius 2 is 2.30 bits per heavy atom. The van der Waals surface area contributed by atoms with Crippen molar-refractivity contribution >= 4 is 10.4 Å². The first-order valence-corrected chi connectivity index (χ1v) is 3.57. The van der Waals surface area contributed by atoms with Crippen LogP contribution >= 0.6 is 0 Å². The molecule has 0 bridgehead atoms. The Morgan fingerprint density at radius 1 is 1.70 bits per heavy atom. The maximum atomic E-state index is 10.4. The molecule has 0 aliphatic heterocycles. The molecule has 0 aliphatic rings. The van der Waals surface area contributed by atoms with Gasteiger partial charge in [-0.15, -0.1) is 6.42 Å². The molecule has 5 heteroatoms. The van der Waals surface area contributed by atoms with Crippen LogP contribution in [0.25, 0.3) is 0 Å². The highest BCUT2D eigenvalue weighted by molar-refractivity contribution is 7.81. The number of terminal acetylenes is 1. The zero-order valence-electron chi connectivity index (χ0n) is 5.11. The van der Waals surface area contributed by atoms with E-state index in [-0.39, 0.29) is 6.61 Å². The third kappa shape index (κ3) is 3.95. The van der Waals surface area contributed by atoms with Gasteiger partial charge in [0.05, 0.1) is 0 Å². The molecule has 0 radical (unpaired) electrons. The molecular weight excluding hydrogens is 156 g/mol. The zero-order valence-corrected chi connectivity index (χ0v) is 5.93. The Bertz CT molecular complexity index is 233. The lowest BCUT2D eigenvalue weighted by Crippen LogP contribution is -2.06. The van der Waals surface area contributed by atoms with Crippen LogP contribution < -0.4 is 0 Å². The monoisotopic (exact) mass is 162 g/mol. The van der Waals surface area contributed by atoms with Crippen molar-refractivity contribution in [2.24, 2.45) is 0 Å². The normalized spacial score (nSPS) is 9.90. The van der Waals surface area contributed by atoms with Crippen molar-refractivity contribution in [1.82, 2.24) is 0 Å². The fourth-order valence-electron chi connectivity index (χ4n) is 0.217. The molecule has 0 amide bonds. The fraction of sp³-hybridized carbons (Fsp3) is 0.200. The third-order valence-corrected chi connectivity index (χ3v) is 1.25. The summed E-state index contributed by atoms with van der Waals surface area (Å²) in [5.41, 5.74) is 0. The second-order valence-corrected chi connectivity index (χ2v) is 2.38. The molecule has 10 heavy (non-hydrogen) atoms. The summed E-state index contributed by atoms with van der Waals surface area (Å²) in [4.78, 5) is 0. The standard InChI is InChI=1S/C5H6O4S/c1-3-5-9-10(6,7)8-4-2/h1,4H,2,5H2. The lowest BCUT2D eigenvalue weighted by molar-refractivity contribution is 0.288. The smallest absolute Gasteiger partial charge is 0.370 e. The Balaban J connectivity index is 3.91. The summed E-state index contributed by atoms with van der Waals surface area (Å²) < 4.78 is 28.8. The molecule has 0 unspecified atom stereocenters. The molecule has 0 N–H and O–H groups in total. The van der Waals surface area contributed by atoms with Gasteiger partial charge >= 0.3 is 10.4 Å². The van der Waals surface area contributed by atoms with Crippen molar-refractivity contribution in [3.8, 4) is 12.3 Å². The second kappa shape index (κ2) is 3.93. The summed E-state index contributed by atoms with van der Waals surface area (Å²) in [6, 6.07) is 0. The summed E-state index contributed by atoms with van der Waals surface area (Å²) in [5.74, 6) is 1.97. The SMILES string of the molecule is C#CCOS(=O)(=O)OC=C. The first-order valence-electron chi connectivity index (χ1n) is 2.24. The average molecular weight is 162 g/mol. The summed E-state index contributed by atoms with van der Waals surface area (Å²) in [6.07, 6.45) is 5.45. The van der Waals surface area contributed by atoms with Crippen LogP contribution in [-0.2, 0) is 18.8 Å². The van der Waals surface area contributed by atoms with Crippen LogP contribution in [0.5, 0.6) is 0 Å². The highest BCUT2D eigenvalue weighted by Gasteiger charge is 2.07. The van der Waals surface area contributed by atoms with Crippen LogP contribution in [0.2, 0.25) is 0 Å². The van der Waals surface area contributed by atoms with Crippen LogP contribution in [0.3, 0.4) is 0 Å². The van der Waals surface area contributed by atoms with E-state index < -0.39 is 10.4 Å². The van der Waals surface area contributed by atoms with Gasteiger partial charge in [0, 0.05) is 0 Å². The van der Waals surface area contributed by atoms with Gasteiger partial charge in [-0.25, -0.2) is 4.18 Å². The van der Waals surface area contributed by atoms with Crippen molar-refractivity contribution in [3.05, 3.63) is 12.8 Å². The molecule has 0 saturated heterocycles. The lowest BCUT2D eigenvalue weighted by Gasteiger charge is -1.97. The van der Waals surface area contributed by atoms with E-state index in [2.05, 4.69) is 14.9 Å². The van der Waals surface area contributed by atoms with Crippen LogP contribution in [0.15, 0.2) is 12.8 Å². The molecule has 0 aromatic heterocycles. The Morgan fingerprint density at radius 3 is 2.70 bits per heavy atom. The minimum atomic E-state index is -3.95.